The van der Waals surface area contributed by atoms with Crippen molar-refractivity contribution >= 4 is 11.0 Å². The van der Waals surface area contributed by atoms with E-state index in [4.69, 9.17) is 9.97 Å². The maximum atomic E-state index is 4.97. The van der Waals surface area contributed by atoms with Gasteiger partial charge in [-0.05, 0) is 25.5 Å². The molecule has 0 saturated carbocycles. The summed E-state index contributed by atoms with van der Waals surface area (Å²) < 4.78 is 1.83. The lowest BCUT2D eigenvalue weighted by Crippen LogP contribution is -1.99. The van der Waals surface area contributed by atoms with Crippen molar-refractivity contribution in [2.75, 3.05) is 0 Å². The zero-order valence-electron chi connectivity index (χ0n) is 15.7. The minimum absolute atomic E-state index is 0.831. The van der Waals surface area contributed by atoms with Gasteiger partial charge < -0.3 is 0 Å². The molecular weight excluding hydrogens is 332 g/mol. The summed E-state index contributed by atoms with van der Waals surface area (Å²) in [6, 6.07) is 16.2. The molecule has 0 saturated heterocycles. The molecule has 0 atom stereocenters. The number of aryl methyl sites for hydroxylation is 2. The largest absolute Gasteiger partial charge is 0.272 e. The lowest BCUT2D eigenvalue weighted by molar-refractivity contribution is 0.740. The predicted octanol–water partition coefficient (Wildman–Crippen LogP) is 4.30. The first-order valence-electron chi connectivity index (χ1n) is 9.03. The van der Waals surface area contributed by atoms with Crippen LogP contribution in [0.2, 0.25) is 0 Å². The number of benzene rings is 2. The fraction of sp³-hybridized carbons (Fsp3) is 0.174. The molecule has 2 aromatic carbocycles. The van der Waals surface area contributed by atoms with Crippen molar-refractivity contribution in [2.24, 2.45) is 7.05 Å². The molecule has 0 bridgehead atoms. The average Bonchev–Trinajstić information content (AvgIpc) is 3.04. The fourth-order valence-corrected chi connectivity index (χ4v) is 3.04. The van der Waals surface area contributed by atoms with Crippen LogP contribution in [0, 0.1) is 18.8 Å². The maximum absolute atomic E-state index is 4.97. The number of aromatic nitrogens is 4. The van der Waals surface area contributed by atoms with Gasteiger partial charge in [-0.2, -0.15) is 5.10 Å². The Morgan fingerprint density at radius 3 is 2.41 bits per heavy atom. The molecule has 2 heterocycles. The highest BCUT2D eigenvalue weighted by atomic mass is 15.3. The lowest BCUT2D eigenvalue weighted by Gasteiger charge is -2.09. The molecule has 0 radical (unpaired) electrons. The summed E-state index contributed by atoms with van der Waals surface area (Å²) in [5.41, 5.74) is 7.57. The van der Waals surface area contributed by atoms with Crippen LogP contribution in [0.5, 0.6) is 0 Å². The monoisotopic (exact) mass is 352 g/mol. The van der Waals surface area contributed by atoms with Crippen molar-refractivity contribution in [1.82, 2.24) is 19.7 Å². The summed E-state index contributed by atoms with van der Waals surface area (Å²) >= 11 is 0. The van der Waals surface area contributed by atoms with Crippen LogP contribution in [0.3, 0.4) is 0 Å². The van der Waals surface area contributed by atoms with Crippen LogP contribution < -0.4 is 0 Å². The van der Waals surface area contributed by atoms with Gasteiger partial charge in [0.1, 0.15) is 5.52 Å². The van der Waals surface area contributed by atoms with Crippen molar-refractivity contribution in [1.29, 1.82) is 0 Å². The summed E-state index contributed by atoms with van der Waals surface area (Å²) in [6.45, 7) is 4.12. The Balaban J connectivity index is 1.89. The second-order valence-electron chi connectivity index (χ2n) is 6.43. The normalized spacial score (nSPS) is 10.6. The van der Waals surface area contributed by atoms with Crippen molar-refractivity contribution in [2.45, 2.75) is 20.3 Å². The molecule has 0 spiro atoms. The van der Waals surface area contributed by atoms with Crippen molar-refractivity contribution in [3.05, 3.63) is 77.2 Å². The molecule has 4 heteroatoms. The van der Waals surface area contributed by atoms with Gasteiger partial charge in [0.15, 0.2) is 0 Å². The van der Waals surface area contributed by atoms with Crippen LogP contribution >= 0.6 is 0 Å². The van der Waals surface area contributed by atoms with E-state index in [1.165, 1.54) is 0 Å². The van der Waals surface area contributed by atoms with Gasteiger partial charge in [0, 0.05) is 12.6 Å². The minimum Gasteiger partial charge on any atom is -0.272 e. The van der Waals surface area contributed by atoms with E-state index in [1.807, 2.05) is 55.1 Å². The first-order chi connectivity index (χ1) is 13.2. The Labute approximate surface area is 158 Å². The molecule has 4 rings (SSSR count). The SMILES string of the molecule is CCc1nc2cccc(C#Cc3cnn(C)c3C)c2nc1-c1ccccc1. The maximum Gasteiger partial charge on any atom is 0.105 e. The summed E-state index contributed by atoms with van der Waals surface area (Å²) in [5, 5.41) is 4.25. The van der Waals surface area contributed by atoms with Crippen LogP contribution in [0.1, 0.15) is 29.4 Å². The number of para-hydroxylation sites is 1. The Kier molecular flexibility index (Phi) is 4.43. The van der Waals surface area contributed by atoms with Crippen molar-refractivity contribution in [3.8, 4) is 23.1 Å². The van der Waals surface area contributed by atoms with E-state index in [9.17, 15) is 0 Å². The number of hydrogen-bond acceptors (Lipinski definition) is 3. The van der Waals surface area contributed by atoms with Gasteiger partial charge in [0.2, 0.25) is 0 Å². The highest BCUT2D eigenvalue weighted by molar-refractivity contribution is 5.84. The van der Waals surface area contributed by atoms with Gasteiger partial charge >= 0.3 is 0 Å². The zero-order valence-corrected chi connectivity index (χ0v) is 15.7. The molecule has 0 unspecified atom stereocenters. The number of hydrogen-bond donors (Lipinski definition) is 0. The van der Waals surface area contributed by atoms with E-state index < -0.39 is 0 Å². The van der Waals surface area contributed by atoms with Gasteiger partial charge in [0.25, 0.3) is 0 Å². The van der Waals surface area contributed by atoms with Crippen LogP contribution in [0.25, 0.3) is 22.3 Å². The third-order valence-corrected chi connectivity index (χ3v) is 4.72. The smallest absolute Gasteiger partial charge is 0.105 e. The van der Waals surface area contributed by atoms with E-state index in [1.54, 1.807) is 6.20 Å². The Morgan fingerprint density at radius 2 is 1.70 bits per heavy atom. The molecule has 0 aliphatic carbocycles. The minimum atomic E-state index is 0.831. The molecule has 0 amide bonds. The van der Waals surface area contributed by atoms with E-state index in [2.05, 4.69) is 36.0 Å². The van der Waals surface area contributed by atoms with E-state index in [-0.39, 0.29) is 0 Å². The van der Waals surface area contributed by atoms with Gasteiger partial charge in [-0.1, -0.05) is 55.2 Å². The summed E-state index contributed by atoms with van der Waals surface area (Å²) in [6.07, 6.45) is 2.63. The second-order valence-corrected chi connectivity index (χ2v) is 6.43. The average molecular weight is 352 g/mol. The quantitative estimate of drug-likeness (QED) is 0.505. The Morgan fingerprint density at radius 1 is 0.926 bits per heavy atom. The molecule has 0 N–H and O–H groups in total. The zero-order chi connectivity index (χ0) is 18.8. The third kappa shape index (κ3) is 3.20. The van der Waals surface area contributed by atoms with Gasteiger partial charge in [-0.25, -0.2) is 9.97 Å². The number of rotatable bonds is 2. The number of nitrogens with zero attached hydrogens (tertiary/aromatic N) is 4. The van der Waals surface area contributed by atoms with Gasteiger partial charge in [-0.3, -0.25) is 4.68 Å². The fourth-order valence-electron chi connectivity index (χ4n) is 3.04. The summed E-state index contributed by atoms with van der Waals surface area (Å²) in [5.74, 6) is 6.50. The molecule has 4 nitrogen and oxygen atoms in total. The van der Waals surface area contributed by atoms with E-state index in [0.717, 1.165) is 51.2 Å². The predicted molar refractivity (Wildman–Crippen MR) is 108 cm³/mol. The van der Waals surface area contributed by atoms with Crippen molar-refractivity contribution < 1.29 is 0 Å². The molecule has 132 valence electrons. The van der Waals surface area contributed by atoms with Crippen molar-refractivity contribution in [3.63, 3.8) is 0 Å². The molecule has 0 aliphatic rings. The standard InChI is InChI=1S/C23H20N4/c1-4-20-22(17-9-6-5-7-10-17)26-23-18(11-8-12-21(23)25-20)13-14-19-15-24-27(3)16(19)2/h5-12,15H,4H2,1-3H3. The third-order valence-electron chi connectivity index (χ3n) is 4.72. The van der Waals surface area contributed by atoms with E-state index >= 15 is 0 Å². The second kappa shape index (κ2) is 7.05. The van der Waals surface area contributed by atoms with Crippen LogP contribution in [0.15, 0.2) is 54.7 Å². The highest BCUT2D eigenvalue weighted by Gasteiger charge is 2.11. The highest BCUT2D eigenvalue weighted by Crippen LogP contribution is 2.25. The molecule has 4 aromatic rings. The summed E-state index contributed by atoms with van der Waals surface area (Å²) in [4.78, 5) is 9.83. The van der Waals surface area contributed by atoms with Crippen LogP contribution in [-0.4, -0.2) is 19.7 Å². The summed E-state index contributed by atoms with van der Waals surface area (Å²) in [7, 11) is 1.92. The lowest BCUT2D eigenvalue weighted by atomic mass is 10.1. The first kappa shape index (κ1) is 17.0. The van der Waals surface area contributed by atoms with E-state index in [0.29, 0.717) is 0 Å². The van der Waals surface area contributed by atoms with Crippen LogP contribution in [0.4, 0.5) is 0 Å². The topological polar surface area (TPSA) is 43.6 Å². The Hall–Kier alpha value is -3.45. The van der Waals surface area contributed by atoms with Gasteiger partial charge in [-0.15, -0.1) is 0 Å². The van der Waals surface area contributed by atoms with Crippen LogP contribution in [-0.2, 0) is 13.5 Å². The number of fused-ring (bicyclic) bond motifs is 1. The molecule has 0 aliphatic heterocycles. The molecular formula is C23H20N4. The Bertz CT molecular complexity index is 1180. The van der Waals surface area contributed by atoms with Gasteiger partial charge in [0.05, 0.1) is 39.9 Å². The molecule has 27 heavy (non-hydrogen) atoms. The molecule has 2 aromatic heterocycles. The molecule has 0 fully saturated rings. The first-order valence-corrected chi connectivity index (χ1v) is 9.03.